The van der Waals surface area contributed by atoms with Crippen LogP contribution in [-0.4, -0.2) is 78.5 Å². The fourth-order valence-electron chi connectivity index (χ4n) is 2.78. The molecular formula is C14H27N5O3S. The standard InChI is InChI=1S/C14H27N5O3S/c1-4-13-15-14(17-16-13)11-19-7-5-6-12(10-19)23(20,21)18(2)8-9-22-3/h12H,4-11H2,1-3H3,(H,15,16,17)/t12-/m0/s1. The van der Waals surface area contributed by atoms with Gasteiger partial charge < -0.3 is 4.74 Å². The molecule has 0 unspecified atom stereocenters. The summed E-state index contributed by atoms with van der Waals surface area (Å²) in [6.07, 6.45) is 2.36. The predicted octanol–water partition coefficient (Wildman–Crippen LogP) is 0.240. The van der Waals surface area contributed by atoms with Crippen LogP contribution < -0.4 is 0 Å². The average Bonchev–Trinajstić information content (AvgIpc) is 3.00. The maximum Gasteiger partial charge on any atom is 0.218 e. The topological polar surface area (TPSA) is 91.4 Å². The Balaban J connectivity index is 1.96. The van der Waals surface area contributed by atoms with Crippen molar-refractivity contribution in [1.29, 1.82) is 0 Å². The van der Waals surface area contributed by atoms with Gasteiger partial charge in [0.2, 0.25) is 10.0 Å². The van der Waals surface area contributed by atoms with Crippen LogP contribution in [0.25, 0.3) is 0 Å². The first kappa shape index (κ1) is 18.3. The molecule has 0 spiro atoms. The molecule has 0 saturated carbocycles. The minimum atomic E-state index is -3.29. The number of likely N-dealkylation sites (tertiary alicyclic amines) is 1. The second kappa shape index (κ2) is 8.18. The molecule has 2 rings (SSSR count). The molecule has 1 saturated heterocycles. The van der Waals surface area contributed by atoms with Crippen molar-refractivity contribution in [1.82, 2.24) is 24.4 Å². The maximum absolute atomic E-state index is 12.6. The van der Waals surface area contributed by atoms with E-state index in [1.165, 1.54) is 4.31 Å². The van der Waals surface area contributed by atoms with Crippen LogP contribution in [0.3, 0.4) is 0 Å². The monoisotopic (exact) mass is 345 g/mol. The zero-order valence-corrected chi connectivity index (χ0v) is 15.0. The Morgan fingerprint density at radius 1 is 1.48 bits per heavy atom. The van der Waals surface area contributed by atoms with Gasteiger partial charge in [-0.25, -0.2) is 17.7 Å². The van der Waals surface area contributed by atoms with Crippen LogP contribution in [0.15, 0.2) is 0 Å². The summed E-state index contributed by atoms with van der Waals surface area (Å²) in [5.74, 6) is 1.59. The van der Waals surface area contributed by atoms with Gasteiger partial charge in [-0.1, -0.05) is 6.92 Å². The van der Waals surface area contributed by atoms with Gasteiger partial charge in [-0.15, -0.1) is 0 Å². The van der Waals surface area contributed by atoms with Gasteiger partial charge in [0.15, 0.2) is 0 Å². The van der Waals surface area contributed by atoms with Gasteiger partial charge in [-0.3, -0.25) is 10.00 Å². The Labute approximate surface area is 138 Å². The number of sulfonamides is 1. The maximum atomic E-state index is 12.6. The van der Waals surface area contributed by atoms with Crippen LogP contribution >= 0.6 is 0 Å². The third kappa shape index (κ3) is 4.72. The molecule has 9 heteroatoms. The minimum Gasteiger partial charge on any atom is -0.383 e. The molecule has 132 valence electrons. The van der Waals surface area contributed by atoms with E-state index in [9.17, 15) is 8.42 Å². The number of H-pyrrole nitrogens is 1. The molecule has 1 aromatic heterocycles. The smallest absolute Gasteiger partial charge is 0.218 e. The summed E-state index contributed by atoms with van der Waals surface area (Å²) in [5, 5.41) is 6.69. The lowest BCUT2D eigenvalue weighted by molar-refractivity contribution is 0.182. The molecule has 1 N–H and O–H groups in total. The number of nitrogens with zero attached hydrogens (tertiary/aromatic N) is 4. The molecule has 0 radical (unpaired) electrons. The van der Waals surface area contributed by atoms with Crippen LogP contribution in [0.1, 0.15) is 31.4 Å². The van der Waals surface area contributed by atoms with E-state index in [1.807, 2.05) is 6.92 Å². The van der Waals surface area contributed by atoms with Gasteiger partial charge in [-0.2, -0.15) is 5.10 Å². The van der Waals surface area contributed by atoms with E-state index in [0.717, 1.165) is 31.0 Å². The molecular weight excluding hydrogens is 318 g/mol. The van der Waals surface area contributed by atoms with Gasteiger partial charge in [0.1, 0.15) is 11.6 Å². The molecule has 1 atom stereocenters. The molecule has 0 amide bonds. The highest BCUT2D eigenvalue weighted by Crippen LogP contribution is 2.20. The van der Waals surface area contributed by atoms with E-state index in [1.54, 1.807) is 14.2 Å². The minimum absolute atomic E-state index is 0.369. The Morgan fingerprint density at radius 2 is 2.26 bits per heavy atom. The van der Waals surface area contributed by atoms with E-state index in [0.29, 0.717) is 32.7 Å². The zero-order chi connectivity index (χ0) is 16.9. The van der Waals surface area contributed by atoms with Crippen molar-refractivity contribution in [3.05, 3.63) is 11.6 Å². The zero-order valence-electron chi connectivity index (χ0n) is 14.2. The van der Waals surface area contributed by atoms with Gasteiger partial charge in [-0.05, 0) is 19.4 Å². The van der Waals surface area contributed by atoms with E-state index in [2.05, 4.69) is 20.1 Å². The van der Waals surface area contributed by atoms with Crippen molar-refractivity contribution in [2.45, 2.75) is 38.0 Å². The Bertz CT molecular complexity index is 589. The number of hydrogen-bond donors (Lipinski definition) is 1. The quantitative estimate of drug-likeness (QED) is 0.726. The summed E-state index contributed by atoms with van der Waals surface area (Å²) in [4.78, 5) is 6.54. The molecule has 0 aliphatic carbocycles. The SMILES string of the molecule is CCc1n[nH]c(CN2CCC[C@H](S(=O)(=O)N(C)CCOC)C2)n1. The second-order valence-electron chi connectivity index (χ2n) is 5.91. The Kier molecular flexibility index (Phi) is 6.51. The molecule has 1 aromatic rings. The molecule has 1 aliphatic rings. The van der Waals surface area contributed by atoms with Crippen molar-refractivity contribution >= 4 is 10.0 Å². The number of aromatic amines is 1. The highest BCUT2D eigenvalue weighted by atomic mass is 32.2. The van der Waals surface area contributed by atoms with E-state index >= 15 is 0 Å². The van der Waals surface area contributed by atoms with Crippen LogP contribution in [-0.2, 0) is 27.7 Å². The Hall–Kier alpha value is -1.03. The first-order valence-electron chi connectivity index (χ1n) is 8.04. The van der Waals surface area contributed by atoms with E-state index in [-0.39, 0.29) is 5.25 Å². The number of aryl methyl sites for hydroxylation is 1. The summed E-state index contributed by atoms with van der Waals surface area (Å²) in [6, 6.07) is 0. The second-order valence-corrected chi connectivity index (χ2v) is 8.23. The lowest BCUT2D eigenvalue weighted by Gasteiger charge is -2.33. The number of rotatable bonds is 8. The highest BCUT2D eigenvalue weighted by Gasteiger charge is 2.33. The molecule has 8 nitrogen and oxygen atoms in total. The fraction of sp³-hybridized carbons (Fsp3) is 0.857. The molecule has 0 bridgehead atoms. The largest absolute Gasteiger partial charge is 0.383 e. The lowest BCUT2D eigenvalue weighted by Crippen LogP contribution is -2.47. The number of hydrogen-bond acceptors (Lipinski definition) is 6. The van der Waals surface area contributed by atoms with Crippen molar-refractivity contribution in [3.63, 3.8) is 0 Å². The van der Waals surface area contributed by atoms with Gasteiger partial charge in [0.05, 0.1) is 18.4 Å². The van der Waals surface area contributed by atoms with Gasteiger partial charge in [0.25, 0.3) is 0 Å². The summed E-state index contributed by atoms with van der Waals surface area (Å²) in [7, 11) is -0.0970. The molecule has 1 aliphatic heterocycles. The number of nitrogens with one attached hydrogen (secondary N) is 1. The first-order valence-corrected chi connectivity index (χ1v) is 9.54. The van der Waals surface area contributed by atoms with Crippen LogP contribution in [0, 0.1) is 0 Å². The molecule has 23 heavy (non-hydrogen) atoms. The summed E-state index contributed by atoms with van der Waals surface area (Å²) in [5.41, 5.74) is 0. The summed E-state index contributed by atoms with van der Waals surface area (Å²) in [6.45, 7) is 4.83. The molecule has 1 fully saturated rings. The highest BCUT2D eigenvalue weighted by molar-refractivity contribution is 7.89. The van der Waals surface area contributed by atoms with Crippen molar-refractivity contribution < 1.29 is 13.2 Å². The number of likely N-dealkylation sites (N-methyl/N-ethyl adjacent to an activating group) is 1. The predicted molar refractivity (Wildman–Crippen MR) is 87.5 cm³/mol. The average molecular weight is 345 g/mol. The lowest BCUT2D eigenvalue weighted by atomic mass is 10.1. The van der Waals surface area contributed by atoms with Crippen molar-refractivity contribution in [2.24, 2.45) is 0 Å². The van der Waals surface area contributed by atoms with Crippen LogP contribution in [0.2, 0.25) is 0 Å². The van der Waals surface area contributed by atoms with E-state index in [4.69, 9.17) is 4.74 Å². The van der Waals surface area contributed by atoms with Gasteiger partial charge >= 0.3 is 0 Å². The Morgan fingerprint density at radius 3 is 2.91 bits per heavy atom. The number of aromatic nitrogens is 3. The summed E-state index contributed by atoms with van der Waals surface area (Å²) < 4.78 is 31.7. The normalized spacial score (nSPS) is 20.3. The van der Waals surface area contributed by atoms with Crippen LogP contribution in [0.5, 0.6) is 0 Å². The van der Waals surface area contributed by atoms with Crippen molar-refractivity contribution in [2.75, 3.05) is 40.4 Å². The molecule has 2 heterocycles. The third-order valence-corrected chi connectivity index (χ3v) is 6.47. The first-order chi connectivity index (χ1) is 11.0. The van der Waals surface area contributed by atoms with Gasteiger partial charge in [0, 0.05) is 33.7 Å². The van der Waals surface area contributed by atoms with Crippen molar-refractivity contribution in [3.8, 4) is 0 Å². The summed E-state index contributed by atoms with van der Waals surface area (Å²) >= 11 is 0. The number of piperidine rings is 1. The number of methoxy groups -OCH3 is 1. The van der Waals surface area contributed by atoms with Crippen LogP contribution in [0.4, 0.5) is 0 Å². The van der Waals surface area contributed by atoms with E-state index < -0.39 is 10.0 Å². The number of ether oxygens (including phenoxy) is 1. The fourth-order valence-corrected chi connectivity index (χ4v) is 4.48. The molecule has 0 aromatic carbocycles. The third-order valence-electron chi connectivity index (χ3n) is 4.20.